The third-order valence-corrected chi connectivity index (χ3v) is 4.79. The molecule has 0 amide bonds. The van der Waals surface area contributed by atoms with Crippen LogP contribution in [0.15, 0.2) is 53.5 Å². The number of pyridine rings is 1. The van der Waals surface area contributed by atoms with E-state index in [9.17, 15) is 27.9 Å². The Morgan fingerprint density at radius 1 is 1.13 bits per heavy atom. The molecule has 0 aliphatic heterocycles. The largest absolute Gasteiger partial charge is 0.487 e. The number of carboxylic acids is 1. The molecule has 3 rings (SSSR count). The predicted octanol–water partition coefficient (Wildman–Crippen LogP) is 4.57. The maximum Gasteiger partial charge on any atom is 0.336 e. The highest BCUT2D eigenvalue weighted by molar-refractivity contribution is 6.31. The van der Waals surface area contributed by atoms with Gasteiger partial charge in [-0.15, -0.1) is 0 Å². The molecule has 156 valence electrons. The van der Waals surface area contributed by atoms with E-state index in [0.29, 0.717) is 11.6 Å². The minimum Gasteiger partial charge on any atom is -0.487 e. The lowest BCUT2D eigenvalue weighted by Crippen LogP contribution is -2.22. The van der Waals surface area contributed by atoms with Crippen LogP contribution < -0.4 is 10.3 Å². The number of nitrogens with zero attached hydrogens (tertiary/aromatic N) is 1. The first-order valence-corrected chi connectivity index (χ1v) is 9.05. The Bertz CT molecular complexity index is 1160. The number of carbonyl (C=O) groups is 1. The minimum absolute atomic E-state index is 0.00774. The van der Waals surface area contributed by atoms with Crippen LogP contribution in [0.3, 0.4) is 0 Å². The van der Waals surface area contributed by atoms with Crippen LogP contribution in [-0.2, 0) is 19.8 Å². The van der Waals surface area contributed by atoms with Gasteiger partial charge in [-0.1, -0.05) is 23.7 Å². The van der Waals surface area contributed by atoms with Gasteiger partial charge in [-0.3, -0.25) is 4.79 Å². The van der Waals surface area contributed by atoms with Crippen molar-refractivity contribution in [3.05, 3.63) is 97.9 Å². The van der Waals surface area contributed by atoms with Crippen molar-refractivity contribution in [3.63, 3.8) is 0 Å². The lowest BCUT2D eigenvalue weighted by Gasteiger charge is -2.14. The Morgan fingerprint density at radius 3 is 2.57 bits per heavy atom. The SMILES string of the molecule is O=C(O)c1cccc(Cn2ccc(OCc3ccc(F)cc3F)c(Cl)c2=O)c1CF. The summed E-state index contributed by atoms with van der Waals surface area (Å²) in [6.07, 6.45) is 1.35. The number of hydrogen-bond acceptors (Lipinski definition) is 3. The number of carboxylic acid groups (broad SMARTS) is 1. The number of halogens is 4. The van der Waals surface area contributed by atoms with Crippen LogP contribution in [0.4, 0.5) is 13.2 Å². The van der Waals surface area contributed by atoms with Crippen molar-refractivity contribution in [1.82, 2.24) is 4.57 Å². The van der Waals surface area contributed by atoms with Gasteiger partial charge < -0.3 is 14.4 Å². The van der Waals surface area contributed by atoms with E-state index in [1.807, 2.05) is 0 Å². The molecule has 0 bridgehead atoms. The van der Waals surface area contributed by atoms with Crippen LogP contribution in [0.1, 0.15) is 27.0 Å². The normalized spacial score (nSPS) is 10.8. The highest BCUT2D eigenvalue weighted by atomic mass is 35.5. The first kappa shape index (κ1) is 21.4. The summed E-state index contributed by atoms with van der Waals surface area (Å²) in [7, 11) is 0. The van der Waals surface area contributed by atoms with Gasteiger partial charge >= 0.3 is 5.97 Å². The van der Waals surface area contributed by atoms with E-state index >= 15 is 0 Å². The van der Waals surface area contributed by atoms with Gasteiger partial charge in [-0.2, -0.15) is 0 Å². The van der Waals surface area contributed by atoms with Crippen LogP contribution in [0.25, 0.3) is 0 Å². The van der Waals surface area contributed by atoms with Crippen molar-refractivity contribution in [2.75, 3.05) is 0 Å². The molecule has 1 aromatic heterocycles. The Labute approximate surface area is 173 Å². The average molecular weight is 438 g/mol. The number of ether oxygens (including phenoxy) is 1. The first-order chi connectivity index (χ1) is 14.3. The monoisotopic (exact) mass is 437 g/mol. The smallest absolute Gasteiger partial charge is 0.336 e. The second kappa shape index (κ2) is 9.04. The summed E-state index contributed by atoms with van der Waals surface area (Å²) in [4.78, 5) is 23.8. The summed E-state index contributed by atoms with van der Waals surface area (Å²) >= 11 is 6.07. The maximum absolute atomic E-state index is 13.7. The summed E-state index contributed by atoms with van der Waals surface area (Å²) in [5.74, 6) is -2.80. The van der Waals surface area contributed by atoms with Gasteiger partial charge in [0.2, 0.25) is 0 Å². The topological polar surface area (TPSA) is 68.5 Å². The van der Waals surface area contributed by atoms with E-state index in [0.717, 1.165) is 6.07 Å². The minimum atomic E-state index is -1.27. The number of aromatic carboxylic acids is 1. The lowest BCUT2D eigenvalue weighted by molar-refractivity contribution is 0.0694. The fourth-order valence-corrected chi connectivity index (χ4v) is 3.11. The first-order valence-electron chi connectivity index (χ1n) is 8.67. The van der Waals surface area contributed by atoms with Crippen molar-refractivity contribution >= 4 is 17.6 Å². The van der Waals surface area contributed by atoms with Gasteiger partial charge in [0.15, 0.2) is 0 Å². The predicted molar refractivity (Wildman–Crippen MR) is 104 cm³/mol. The zero-order valence-corrected chi connectivity index (χ0v) is 16.1. The van der Waals surface area contributed by atoms with E-state index in [4.69, 9.17) is 16.3 Å². The number of benzene rings is 2. The van der Waals surface area contributed by atoms with Crippen molar-refractivity contribution in [1.29, 1.82) is 0 Å². The number of alkyl halides is 1. The number of aromatic nitrogens is 1. The summed E-state index contributed by atoms with van der Waals surface area (Å²) < 4.78 is 46.7. The van der Waals surface area contributed by atoms with Crippen molar-refractivity contribution in [2.45, 2.75) is 19.8 Å². The second-order valence-corrected chi connectivity index (χ2v) is 6.71. The van der Waals surface area contributed by atoms with Gasteiger partial charge in [-0.25, -0.2) is 18.0 Å². The summed E-state index contributed by atoms with van der Waals surface area (Å²) in [5.41, 5.74) is -0.470. The van der Waals surface area contributed by atoms with Crippen LogP contribution in [0.2, 0.25) is 5.02 Å². The lowest BCUT2D eigenvalue weighted by atomic mass is 10.0. The van der Waals surface area contributed by atoms with Crippen molar-refractivity contribution in [2.24, 2.45) is 0 Å². The molecule has 1 heterocycles. The molecule has 0 aliphatic rings. The van der Waals surface area contributed by atoms with E-state index in [2.05, 4.69) is 0 Å². The van der Waals surface area contributed by atoms with Gasteiger partial charge in [-0.05, 0) is 29.8 Å². The molecule has 0 atom stereocenters. The maximum atomic E-state index is 13.7. The molecule has 0 radical (unpaired) electrons. The van der Waals surface area contributed by atoms with Crippen LogP contribution in [-0.4, -0.2) is 15.6 Å². The number of hydrogen-bond donors (Lipinski definition) is 1. The fraction of sp³-hybridized carbons (Fsp3) is 0.143. The molecule has 5 nitrogen and oxygen atoms in total. The average Bonchev–Trinajstić information content (AvgIpc) is 2.71. The highest BCUT2D eigenvalue weighted by Gasteiger charge is 2.16. The summed E-state index contributed by atoms with van der Waals surface area (Å²) in [5, 5.41) is 8.91. The van der Waals surface area contributed by atoms with Gasteiger partial charge in [0.1, 0.15) is 35.7 Å². The molecule has 0 saturated heterocycles. The molecule has 0 spiro atoms. The molecule has 1 N–H and O–H groups in total. The van der Waals surface area contributed by atoms with E-state index in [-0.39, 0.29) is 40.6 Å². The van der Waals surface area contributed by atoms with Gasteiger partial charge in [0.25, 0.3) is 5.56 Å². The third-order valence-electron chi connectivity index (χ3n) is 4.45. The van der Waals surface area contributed by atoms with Crippen molar-refractivity contribution in [3.8, 4) is 5.75 Å². The molecule has 9 heteroatoms. The Kier molecular flexibility index (Phi) is 6.47. The fourth-order valence-electron chi connectivity index (χ4n) is 2.88. The van der Waals surface area contributed by atoms with Gasteiger partial charge in [0, 0.05) is 23.4 Å². The van der Waals surface area contributed by atoms with Gasteiger partial charge in [0.05, 0.1) is 12.1 Å². The molecular weight excluding hydrogens is 423 g/mol. The Hall–Kier alpha value is -3.26. The van der Waals surface area contributed by atoms with E-state index < -0.39 is 29.8 Å². The van der Waals surface area contributed by atoms with Crippen molar-refractivity contribution < 1.29 is 27.8 Å². The van der Waals surface area contributed by atoms with Crippen LogP contribution in [0.5, 0.6) is 5.75 Å². The molecular formula is C21H15ClF3NO4. The van der Waals surface area contributed by atoms with Crippen LogP contribution in [0, 0.1) is 11.6 Å². The van der Waals surface area contributed by atoms with E-state index in [1.54, 1.807) is 0 Å². The summed E-state index contributed by atoms with van der Waals surface area (Å²) in [6, 6.07) is 8.64. The highest BCUT2D eigenvalue weighted by Crippen LogP contribution is 2.23. The molecule has 0 aliphatic carbocycles. The molecule has 2 aromatic carbocycles. The third kappa shape index (κ3) is 4.49. The molecule has 0 saturated carbocycles. The Morgan fingerprint density at radius 2 is 1.90 bits per heavy atom. The van der Waals surface area contributed by atoms with Crippen LogP contribution >= 0.6 is 11.6 Å². The quantitative estimate of drug-likeness (QED) is 0.587. The molecule has 0 fully saturated rings. The zero-order chi connectivity index (χ0) is 21.8. The standard InChI is InChI=1S/C21H15ClF3NO4/c22-19-18(30-11-13-4-5-14(24)8-17(13)25)6-7-26(20(19)27)10-12-2-1-3-15(21(28)29)16(12)9-23/h1-8H,9-11H2,(H,28,29). The molecule has 0 unspecified atom stereocenters. The van der Waals surface area contributed by atoms with E-state index in [1.165, 1.54) is 41.1 Å². The zero-order valence-electron chi connectivity index (χ0n) is 15.4. The molecule has 3 aromatic rings. The molecule has 30 heavy (non-hydrogen) atoms. The second-order valence-electron chi connectivity index (χ2n) is 6.33. The Balaban J connectivity index is 1.84. The summed E-state index contributed by atoms with van der Waals surface area (Å²) in [6.45, 7) is -1.39. The number of rotatable bonds is 7.